The number of nitrogens with one attached hydrogen (secondary N) is 2. The van der Waals surface area contributed by atoms with E-state index in [2.05, 4.69) is 10.3 Å². The van der Waals surface area contributed by atoms with Gasteiger partial charge in [0, 0.05) is 25.9 Å². The Morgan fingerprint density at radius 2 is 2.19 bits per heavy atom. The van der Waals surface area contributed by atoms with Crippen molar-refractivity contribution in [1.82, 2.24) is 14.6 Å². The fourth-order valence-corrected chi connectivity index (χ4v) is 1.33. The maximum atomic E-state index is 11.7. The van der Waals surface area contributed by atoms with E-state index in [0.29, 0.717) is 5.56 Å². The van der Waals surface area contributed by atoms with Gasteiger partial charge in [0.05, 0.1) is 0 Å². The summed E-state index contributed by atoms with van der Waals surface area (Å²) < 4.78 is 2.25. The largest absolute Gasteiger partial charge is 0.392 e. The van der Waals surface area contributed by atoms with E-state index in [4.69, 9.17) is 5.41 Å². The molecule has 0 aliphatic rings. The topological polar surface area (TPSA) is 89.1 Å². The molecular formula is C9H14N4O3. The third-order valence-electron chi connectivity index (χ3n) is 2.03. The summed E-state index contributed by atoms with van der Waals surface area (Å²) in [6.07, 6.45) is 1.46. The predicted molar refractivity (Wildman–Crippen MR) is 58.6 cm³/mol. The van der Waals surface area contributed by atoms with Crippen molar-refractivity contribution < 1.29 is 4.84 Å². The van der Waals surface area contributed by atoms with Crippen LogP contribution in [0, 0.1) is 12.3 Å². The molecule has 1 aromatic rings. The van der Waals surface area contributed by atoms with E-state index in [0.717, 1.165) is 4.57 Å². The lowest BCUT2D eigenvalue weighted by Gasteiger charge is -2.09. The van der Waals surface area contributed by atoms with Crippen LogP contribution in [0.2, 0.25) is 0 Å². The van der Waals surface area contributed by atoms with Gasteiger partial charge in [-0.25, -0.2) is 4.79 Å². The molecule has 0 bridgehead atoms. The lowest BCUT2D eigenvalue weighted by Crippen LogP contribution is -2.42. The molecular weight excluding hydrogens is 212 g/mol. The molecule has 0 aromatic carbocycles. The highest BCUT2D eigenvalue weighted by atomic mass is 16.6. The van der Waals surface area contributed by atoms with Crippen LogP contribution >= 0.6 is 0 Å². The van der Waals surface area contributed by atoms with Gasteiger partial charge >= 0.3 is 5.69 Å². The van der Waals surface area contributed by atoms with Crippen molar-refractivity contribution in [2.24, 2.45) is 7.05 Å². The number of rotatable bonds is 3. The first kappa shape index (κ1) is 12.2. The van der Waals surface area contributed by atoms with Gasteiger partial charge in [0.1, 0.15) is 6.54 Å². The van der Waals surface area contributed by atoms with Gasteiger partial charge in [-0.15, -0.1) is 0 Å². The Labute approximate surface area is 91.7 Å². The second kappa shape index (κ2) is 4.75. The van der Waals surface area contributed by atoms with E-state index < -0.39 is 11.2 Å². The smallest absolute Gasteiger partial charge is 0.331 e. The quantitative estimate of drug-likeness (QED) is 0.392. The molecule has 16 heavy (non-hydrogen) atoms. The number of aryl methyl sites for hydroxylation is 2. The molecule has 0 spiro atoms. The molecule has 1 aromatic heterocycles. The van der Waals surface area contributed by atoms with Crippen molar-refractivity contribution in [3.05, 3.63) is 32.6 Å². The fraction of sp³-hybridized carbons (Fsp3) is 0.444. The summed E-state index contributed by atoms with van der Waals surface area (Å²) in [5.74, 6) is -0.202. The molecule has 0 unspecified atom stereocenters. The molecule has 0 radical (unpaired) electrons. The van der Waals surface area contributed by atoms with E-state index in [1.54, 1.807) is 14.0 Å². The molecule has 0 fully saturated rings. The van der Waals surface area contributed by atoms with Crippen LogP contribution in [0.5, 0.6) is 0 Å². The summed E-state index contributed by atoms with van der Waals surface area (Å²) >= 11 is 0. The van der Waals surface area contributed by atoms with E-state index in [1.807, 2.05) is 0 Å². The van der Waals surface area contributed by atoms with Gasteiger partial charge in [-0.05, 0) is 6.92 Å². The van der Waals surface area contributed by atoms with Crippen LogP contribution in [0.15, 0.2) is 15.8 Å². The molecule has 0 saturated carbocycles. The highest BCUT2D eigenvalue weighted by molar-refractivity contribution is 5.71. The minimum absolute atomic E-state index is 0.186. The lowest BCUT2D eigenvalue weighted by molar-refractivity contribution is 0.196. The van der Waals surface area contributed by atoms with E-state index in [1.165, 1.54) is 17.8 Å². The minimum atomic E-state index is -0.472. The minimum Gasteiger partial charge on any atom is -0.392 e. The first-order valence-electron chi connectivity index (χ1n) is 4.65. The van der Waals surface area contributed by atoms with E-state index >= 15 is 0 Å². The van der Waals surface area contributed by atoms with Crippen molar-refractivity contribution >= 4 is 5.90 Å². The fourth-order valence-electron chi connectivity index (χ4n) is 1.33. The number of hydroxylamine groups is 1. The Balaban J connectivity index is 3.18. The normalized spacial score (nSPS) is 10.2. The van der Waals surface area contributed by atoms with Gasteiger partial charge in [-0.3, -0.25) is 14.8 Å². The number of hydrogen-bond acceptors (Lipinski definition) is 5. The maximum absolute atomic E-state index is 11.7. The number of hydrogen-bond donors (Lipinski definition) is 2. The van der Waals surface area contributed by atoms with Crippen molar-refractivity contribution in [2.75, 3.05) is 7.05 Å². The molecule has 0 aliphatic carbocycles. The summed E-state index contributed by atoms with van der Waals surface area (Å²) in [5.41, 5.74) is 1.87. The van der Waals surface area contributed by atoms with Crippen molar-refractivity contribution in [2.45, 2.75) is 13.5 Å². The second-order valence-electron chi connectivity index (χ2n) is 3.33. The second-order valence-corrected chi connectivity index (χ2v) is 3.33. The van der Waals surface area contributed by atoms with Crippen molar-refractivity contribution in [3.63, 3.8) is 0 Å². The van der Waals surface area contributed by atoms with Gasteiger partial charge < -0.3 is 9.40 Å². The van der Waals surface area contributed by atoms with E-state index in [-0.39, 0.29) is 12.4 Å². The summed E-state index contributed by atoms with van der Waals surface area (Å²) in [6, 6.07) is 0. The van der Waals surface area contributed by atoms with Crippen LogP contribution in [0.4, 0.5) is 0 Å². The lowest BCUT2D eigenvalue weighted by atomic mass is 10.4. The Bertz CT molecular complexity index is 480. The van der Waals surface area contributed by atoms with Crippen LogP contribution in [0.1, 0.15) is 5.56 Å². The zero-order chi connectivity index (χ0) is 12.3. The van der Waals surface area contributed by atoms with Gasteiger partial charge in [0.2, 0.25) is 5.90 Å². The average Bonchev–Trinajstić information content (AvgIpc) is 2.22. The molecule has 7 heteroatoms. The zero-order valence-corrected chi connectivity index (χ0v) is 9.40. The van der Waals surface area contributed by atoms with Crippen LogP contribution in [0.3, 0.4) is 0 Å². The molecule has 0 saturated heterocycles. The average molecular weight is 226 g/mol. The molecule has 1 heterocycles. The summed E-state index contributed by atoms with van der Waals surface area (Å²) in [7, 11) is 3.04. The highest BCUT2D eigenvalue weighted by Gasteiger charge is 2.09. The first-order valence-corrected chi connectivity index (χ1v) is 4.65. The summed E-state index contributed by atoms with van der Waals surface area (Å²) in [6.45, 7) is 1.43. The van der Waals surface area contributed by atoms with Gasteiger partial charge in [0.15, 0.2) is 0 Å². The third kappa shape index (κ3) is 2.37. The van der Waals surface area contributed by atoms with Crippen molar-refractivity contribution in [1.29, 1.82) is 5.41 Å². The highest BCUT2D eigenvalue weighted by Crippen LogP contribution is 1.85. The van der Waals surface area contributed by atoms with Gasteiger partial charge in [0.25, 0.3) is 5.56 Å². The SMILES string of the molecule is CNOC(=N)Cn1c(=O)c(C)cn(C)c1=O. The number of nitrogens with zero attached hydrogens (tertiary/aromatic N) is 2. The molecule has 0 amide bonds. The Morgan fingerprint density at radius 3 is 2.75 bits per heavy atom. The van der Waals surface area contributed by atoms with Crippen LogP contribution < -0.4 is 16.7 Å². The Kier molecular flexibility index (Phi) is 3.62. The van der Waals surface area contributed by atoms with Gasteiger partial charge in [-0.1, -0.05) is 0 Å². The molecule has 0 atom stereocenters. The predicted octanol–water partition coefficient (Wildman–Crippen LogP) is -1.02. The molecule has 2 N–H and O–H groups in total. The zero-order valence-electron chi connectivity index (χ0n) is 9.40. The van der Waals surface area contributed by atoms with E-state index in [9.17, 15) is 9.59 Å². The Hall–Kier alpha value is -1.89. The summed E-state index contributed by atoms with van der Waals surface area (Å²) in [5, 5.41) is 7.37. The van der Waals surface area contributed by atoms with Gasteiger partial charge in [-0.2, -0.15) is 5.48 Å². The molecule has 88 valence electrons. The third-order valence-corrected chi connectivity index (χ3v) is 2.03. The standard InChI is InChI=1S/C9H14N4O3/c1-6-4-12(3)9(15)13(8(6)14)5-7(10)16-11-2/h4,10-11H,5H2,1-3H3. The Morgan fingerprint density at radius 1 is 1.56 bits per heavy atom. The molecule has 0 aliphatic heterocycles. The molecule has 7 nitrogen and oxygen atoms in total. The van der Waals surface area contributed by atoms with Crippen LogP contribution in [-0.2, 0) is 18.4 Å². The van der Waals surface area contributed by atoms with Crippen LogP contribution in [0.25, 0.3) is 0 Å². The monoisotopic (exact) mass is 226 g/mol. The summed E-state index contributed by atoms with van der Waals surface area (Å²) in [4.78, 5) is 28.0. The molecule has 1 rings (SSSR count). The number of aromatic nitrogens is 2. The maximum Gasteiger partial charge on any atom is 0.331 e. The van der Waals surface area contributed by atoms with Crippen LogP contribution in [-0.4, -0.2) is 22.1 Å². The first-order chi connectivity index (χ1) is 7.47. The van der Waals surface area contributed by atoms with Crippen molar-refractivity contribution in [3.8, 4) is 0 Å².